The Labute approximate surface area is 160 Å². The molecule has 0 saturated carbocycles. The van der Waals surface area contributed by atoms with Crippen molar-refractivity contribution in [3.05, 3.63) is 59.8 Å². The van der Waals surface area contributed by atoms with Crippen molar-refractivity contribution >= 4 is 34.6 Å². The second kappa shape index (κ2) is 6.35. The maximum Gasteiger partial charge on any atom is 0.235 e. The standard InChI is InChI=1S/C19H17ClN6O/c20-18-12(9-23-25-18)19(27)26-8-7-14-16(22-10-21-14)17(26)15-6-5-11-3-1-2-4-13(11)24-15/h1-6,9-10,12,17-18,25H,7-8H2,(H,21,22)/t12?,17-,18?/m0/s1. The van der Waals surface area contributed by atoms with E-state index in [0.29, 0.717) is 6.54 Å². The van der Waals surface area contributed by atoms with Gasteiger partial charge in [-0.3, -0.25) is 15.2 Å². The Morgan fingerprint density at radius 3 is 2.96 bits per heavy atom. The van der Waals surface area contributed by atoms with Gasteiger partial charge in [-0.25, -0.2) is 4.98 Å². The first-order chi connectivity index (χ1) is 13.2. The maximum absolute atomic E-state index is 13.2. The zero-order valence-corrected chi connectivity index (χ0v) is 15.1. The fourth-order valence-electron chi connectivity index (χ4n) is 3.78. The lowest BCUT2D eigenvalue weighted by Crippen LogP contribution is -2.46. The largest absolute Gasteiger partial charge is 0.348 e. The molecule has 3 atom stereocenters. The summed E-state index contributed by atoms with van der Waals surface area (Å²) >= 11 is 6.22. The van der Waals surface area contributed by atoms with E-state index in [4.69, 9.17) is 16.6 Å². The van der Waals surface area contributed by atoms with E-state index in [2.05, 4.69) is 20.5 Å². The van der Waals surface area contributed by atoms with Crippen LogP contribution < -0.4 is 5.43 Å². The molecule has 136 valence electrons. The number of amides is 1. The summed E-state index contributed by atoms with van der Waals surface area (Å²) in [7, 11) is 0. The summed E-state index contributed by atoms with van der Waals surface area (Å²) in [6.07, 6.45) is 3.97. The van der Waals surface area contributed by atoms with Gasteiger partial charge < -0.3 is 9.88 Å². The average molecular weight is 381 g/mol. The molecular weight excluding hydrogens is 364 g/mol. The Morgan fingerprint density at radius 1 is 1.22 bits per heavy atom. The van der Waals surface area contributed by atoms with Gasteiger partial charge in [0.15, 0.2) is 0 Å². The lowest BCUT2D eigenvalue weighted by molar-refractivity contribution is -0.135. The van der Waals surface area contributed by atoms with Crippen LogP contribution in [0, 0.1) is 5.92 Å². The second-order valence-electron chi connectivity index (χ2n) is 6.71. The summed E-state index contributed by atoms with van der Waals surface area (Å²) in [5, 5.41) is 5.00. The Balaban J connectivity index is 1.60. The quantitative estimate of drug-likeness (QED) is 0.527. The number of hydrogen-bond acceptors (Lipinski definition) is 5. The summed E-state index contributed by atoms with van der Waals surface area (Å²) in [6, 6.07) is 11.6. The van der Waals surface area contributed by atoms with E-state index in [1.807, 2.05) is 41.3 Å². The number of halogens is 1. The van der Waals surface area contributed by atoms with E-state index in [1.165, 1.54) is 0 Å². The van der Waals surface area contributed by atoms with Crippen LogP contribution in [0.15, 0.2) is 47.8 Å². The number of imidazole rings is 1. The Morgan fingerprint density at radius 2 is 2.11 bits per heavy atom. The molecule has 8 heteroatoms. The number of nitrogens with zero attached hydrogens (tertiary/aromatic N) is 4. The fourth-order valence-corrected chi connectivity index (χ4v) is 4.01. The van der Waals surface area contributed by atoms with E-state index < -0.39 is 11.4 Å². The number of hydrogen-bond donors (Lipinski definition) is 2. The van der Waals surface area contributed by atoms with E-state index in [9.17, 15) is 4.79 Å². The molecule has 2 aromatic heterocycles. The van der Waals surface area contributed by atoms with Gasteiger partial charge in [-0.1, -0.05) is 35.9 Å². The third-order valence-corrected chi connectivity index (χ3v) is 5.51. The number of benzene rings is 1. The van der Waals surface area contributed by atoms with E-state index in [-0.39, 0.29) is 11.9 Å². The van der Waals surface area contributed by atoms with Crippen LogP contribution in [0.5, 0.6) is 0 Å². The number of alkyl halides is 1. The van der Waals surface area contributed by atoms with Crippen molar-refractivity contribution in [1.82, 2.24) is 25.3 Å². The number of fused-ring (bicyclic) bond motifs is 2. The first-order valence-corrected chi connectivity index (χ1v) is 9.27. The molecule has 0 aliphatic carbocycles. The molecule has 3 aromatic rings. The molecule has 0 bridgehead atoms. The number of carbonyl (C=O) groups is 1. The van der Waals surface area contributed by atoms with Crippen molar-refractivity contribution in [2.24, 2.45) is 11.0 Å². The van der Waals surface area contributed by atoms with Crippen LogP contribution in [0.3, 0.4) is 0 Å². The van der Waals surface area contributed by atoms with Crippen LogP contribution in [0.4, 0.5) is 0 Å². The van der Waals surface area contributed by atoms with Gasteiger partial charge in [-0.15, -0.1) is 0 Å². The average Bonchev–Trinajstić information content (AvgIpc) is 3.35. The Bertz CT molecular complexity index is 1050. The molecule has 0 fully saturated rings. The van der Waals surface area contributed by atoms with Crippen LogP contribution in [-0.2, 0) is 11.2 Å². The highest BCUT2D eigenvalue weighted by Gasteiger charge is 2.40. The van der Waals surface area contributed by atoms with Crippen LogP contribution in [-0.4, -0.2) is 44.0 Å². The number of pyridine rings is 1. The molecule has 5 rings (SSSR count). The summed E-state index contributed by atoms with van der Waals surface area (Å²) in [6.45, 7) is 0.571. The zero-order valence-electron chi connectivity index (χ0n) is 14.3. The van der Waals surface area contributed by atoms with Crippen LogP contribution in [0.1, 0.15) is 23.1 Å². The number of para-hydroxylation sites is 1. The number of H-pyrrole nitrogens is 1. The summed E-state index contributed by atoms with van der Waals surface area (Å²) in [5.41, 5.74) is 5.76. The summed E-state index contributed by atoms with van der Waals surface area (Å²) in [5.74, 6) is -0.576. The van der Waals surface area contributed by atoms with Crippen molar-refractivity contribution in [1.29, 1.82) is 0 Å². The van der Waals surface area contributed by atoms with Gasteiger partial charge in [-0.05, 0) is 12.1 Å². The Kier molecular flexibility index (Phi) is 3.82. The minimum absolute atomic E-state index is 0.0719. The van der Waals surface area contributed by atoms with Gasteiger partial charge in [-0.2, -0.15) is 5.10 Å². The highest BCUT2D eigenvalue weighted by Crippen LogP contribution is 2.34. The van der Waals surface area contributed by atoms with Gasteiger partial charge in [0.25, 0.3) is 0 Å². The molecule has 2 aliphatic heterocycles. The van der Waals surface area contributed by atoms with Crippen molar-refractivity contribution < 1.29 is 4.79 Å². The third kappa shape index (κ3) is 2.66. The first kappa shape index (κ1) is 16.3. The van der Waals surface area contributed by atoms with Crippen LogP contribution >= 0.6 is 11.6 Å². The molecule has 4 heterocycles. The van der Waals surface area contributed by atoms with Gasteiger partial charge in [0.1, 0.15) is 17.5 Å². The Hall–Kier alpha value is -2.93. The van der Waals surface area contributed by atoms with Crippen molar-refractivity contribution in [2.75, 3.05) is 6.54 Å². The number of aromatic amines is 1. The molecule has 1 aromatic carbocycles. The van der Waals surface area contributed by atoms with Gasteiger partial charge in [0.2, 0.25) is 5.91 Å². The molecular formula is C19H17ClN6O. The molecule has 7 nitrogen and oxygen atoms in total. The van der Waals surface area contributed by atoms with E-state index in [0.717, 1.165) is 34.4 Å². The zero-order chi connectivity index (χ0) is 18.4. The minimum atomic E-state index is -0.539. The van der Waals surface area contributed by atoms with Gasteiger partial charge >= 0.3 is 0 Å². The van der Waals surface area contributed by atoms with Crippen LogP contribution in [0.2, 0.25) is 0 Å². The predicted octanol–water partition coefficient (Wildman–Crippen LogP) is 2.20. The maximum atomic E-state index is 13.2. The monoisotopic (exact) mass is 380 g/mol. The predicted molar refractivity (Wildman–Crippen MR) is 102 cm³/mol. The molecule has 2 aliphatic rings. The highest BCUT2D eigenvalue weighted by atomic mass is 35.5. The number of rotatable bonds is 2. The van der Waals surface area contributed by atoms with Gasteiger partial charge in [0, 0.05) is 30.3 Å². The lowest BCUT2D eigenvalue weighted by Gasteiger charge is -2.36. The SMILES string of the molecule is O=C(C1C=NNC1Cl)N1CCc2[nH]cnc2[C@@H]1c1ccc2ccccc2n1. The number of nitrogens with one attached hydrogen (secondary N) is 2. The summed E-state index contributed by atoms with van der Waals surface area (Å²) < 4.78 is 0. The molecule has 2 N–H and O–H groups in total. The number of carbonyl (C=O) groups excluding carboxylic acids is 1. The smallest absolute Gasteiger partial charge is 0.235 e. The number of aromatic nitrogens is 3. The first-order valence-electron chi connectivity index (χ1n) is 8.83. The van der Waals surface area contributed by atoms with Crippen molar-refractivity contribution in [2.45, 2.75) is 18.0 Å². The van der Waals surface area contributed by atoms with Gasteiger partial charge in [0.05, 0.1) is 23.2 Å². The number of hydrazone groups is 1. The molecule has 1 amide bonds. The summed E-state index contributed by atoms with van der Waals surface area (Å²) in [4.78, 5) is 27.6. The van der Waals surface area contributed by atoms with E-state index in [1.54, 1.807) is 12.5 Å². The lowest BCUT2D eigenvalue weighted by atomic mass is 9.96. The molecule has 0 spiro atoms. The highest BCUT2D eigenvalue weighted by molar-refractivity contribution is 6.24. The van der Waals surface area contributed by atoms with Crippen molar-refractivity contribution in [3.63, 3.8) is 0 Å². The molecule has 0 radical (unpaired) electrons. The molecule has 0 saturated heterocycles. The van der Waals surface area contributed by atoms with E-state index >= 15 is 0 Å². The molecule has 2 unspecified atom stereocenters. The second-order valence-corrected chi connectivity index (χ2v) is 7.18. The normalized spacial score (nSPS) is 24.0. The third-order valence-electron chi connectivity index (χ3n) is 5.14. The minimum Gasteiger partial charge on any atom is -0.348 e. The van der Waals surface area contributed by atoms with Crippen molar-refractivity contribution in [3.8, 4) is 0 Å². The fraction of sp³-hybridized carbons (Fsp3) is 0.263. The molecule has 27 heavy (non-hydrogen) atoms. The topological polar surface area (TPSA) is 86.3 Å². The van der Waals surface area contributed by atoms with Crippen LogP contribution in [0.25, 0.3) is 10.9 Å².